The van der Waals surface area contributed by atoms with Gasteiger partial charge in [0.05, 0.1) is 24.8 Å². The van der Waals surface area contributed by atoms with E-state index < -0.39 is 0 Å². The third-order valence-electron chi connectivity index (χ3n) is 5.66. The lowest BCUT2D eigenvalue weighted by molar-refractivity contribution is -0.120. The standard InChI is InChI=1S/C27H39N5O2/c1-6-7-14-32(18-23-10-12-24(34-5)13-11-23)15-8-9-27(33)31-22(4)29-19-30-26-17-21(3)20(2)16-25(26)28/h10-13,16-17,19H,4,6-9,14-15,18,28H2,1-3,5H3,(H,29,30)(H,31,33). The summed E-state index contributed by atoms with van der Waals surface area (Å²) >= 11 is 0. The molecule has 0 heterocycles. The topological polar surface area (TPSA) is 92.0 Å². The van der Waals surface area contributed by atoms with E-state index in [4.69, 9.17) is 10.5 Å². The Morgan fingerprint density at radius 3 is 2.50 bits per heavy atom. The molecule has 0 aliphatic heterocycles. The van der Waals surface area contributed by atoms with E-state index in [1.54, 1.807) is 7.11 Å². The number of benzene rings is 2. The lowest BCUT2D eigenvalue weighted by atomic mass is 10.1. The Labute approximate surface area is 204 Å². The van der Waals surface area contributed by atoms with Crippen LogP contribution in [0.3, 0.4) is 0 Å². The van der Waals surface area contributed by atoms with Gasteiger partial charge in [0.2, 0.25) is 5.91 Å². The molecule has 0 fully saturated rings. The Kier molecular flexibility index (Phi) is 11.1. The summed E-state index contributed by atoms with van der Waals surface area (Å²) in [6, 6.07) is 12.0. The summed E-state index contributed by atoms with van der Waals surface area (Å²) < 4.78 is 5.24. The molecule has 0 aliphatic rings. The maximum Gasteiger partial charge on any atom is 0.225 e. The molecular formula is C27H39N5O2. The van der Waals surface area contributed by atoms with Crippen molar-refractivity contribution in [2.75, 3.05) is 31.2 Å². The molecule has 7 nitrogen and oxygen atoms in total. The predicted octanol–water partition coefficient (Wildman–Crippen LogP) is 5.00. The number of unbranched alkanes of at least 4 members (excludes halogenated alkanes) is 1. The maximum absolute atomic E-state index is 12.3. The van der Waals surface area contributed by atoms with Crippen molar-refractivity contribution in [3.63, 3.8) is 0 Å². The third kappa shape index (κ3) is 9.27. The summed E-state index contributed by atoms with van der Waals surface area (Å²) in [7, 11) is 1.67. The van der Waals surface area contributed by atoms with Crippen molar-refractivity contribution >= 4 is 23.6 Å². The number of ether oxygens (including phenoxy) is 1. The number of hydrogen-bond acceptors (Lipinski definition) is 5. The van der Waals surface area contributed by atoms with Crippen LogP contribution >= 0.6 is 0 Å². The second kappa shape index (κ2) is 14.1. The van der Waals surface area contributed by atoms with Crippen LogP contribution in [0.4, 0.5) is 11.4 Å². The number of carbonyl (C=O) groups excluding carboxylic acids is 1. The van der Waals surface area contributed by atoms with Crippen LogP contribution in [0.25, 0.3) is 0 Å². The monoisotopic (exact) mass is 465 g/mol. The van der Waals surface area contributed by atoms with Gasteiger partial charge in [-0.2, -0.15) is 0 Å². The molecular weight excluding hydrogens is 426 g/mol. The van der Waals surface area contributed by atoms with Gasteiger partial charge < -0.3 is 21.1 Å². The van der Waals surface area contributed by atoms with Gasteiger partial charge in [-0.05, 0) is 80.7 Å². The van der Waals surface area contributed by atoms with Gasteiger partial charge in [0.15, 0.2) is 0 Å². The number of carbonyl (C=O) groups is 1. The minimum atomic E-state index is -0.0901. The molecule has 184 valence electrons. The molecule has 7 heteroatoms. The van der Waals surface area contributed by atoms with Crippen molar-refractivity contribution in [2.24, 2.45) is 4.99 Å². The Morgan fingerprint density at radius 2 is 1.82 bits per heavy atom. The highest BCUT2D eigenvalue weighted by atomic mass is 16.5. The lowest BCUT2D eigenvalue weighted by Gasteiger charge is -2.22. The maximum atomic E-state index is 12.3. The van der Waals surface area contributed by atoms with E-state index in [1.807, 2.05) is 38.1 Å². The number of nitrogens with two attached hydrogens (primary N) is 1. The van der Waals surface area contributed by atoms with E-state index in [1.165, 1.54) is 11.9 Å². The molecule has 0 spiro atoms. The van der Waals surface area contributed by atoms with Crippen molar-refractivity contribution in [1.29, 1.82) is 0 Å². The molecule has 0 atom stereocenters. The number of nitrogen functional groups attached to an aromatic ring is 1. The van der Waals surface area contributed by atoms with E-state index in [0.29, 0.717) is 17.9 Å². The molecule has 0 saturated carbocycles. The van der Waals surface area contributed by atoms with E-state index in [2.05, 4.69) is 46.2 Å². The zero-order chi connectivity index (χ0) is 24.9. The largest absolute Gasteiger partial charge is 0.497 e. The number of nitrogens with zero attached hydrogens (tertiary/aromatic N) is 2. The number of anilines is 2. The summed E-state index contributed by atoms with van der Waals surface area (Å²) in [5.74, 6) is 1.06. The van der Waals surface area contributed by atoms with Gasteiger partial charge in [0, 0.05) is 13.0 Å². The Morgan fingerprint density at radius 1 is 1.15 bits per heavy atom. The number of nitrogens with one attached hydrogen (secondary N) is 2. The first-order valence-electron chi connectivity index (χ1n) is 11.8. The van der Waals surface area contributed by atoms with Crippen molar-refractivity contribution in [3.05, 3.63) is 65.5 Å². The molecule has 0 aromatic heterocycles. The first kappa shape index (κ1) is 26.9. The molecule has 1 amide bonds. The summed E-state index contributed by atoms with van der Waals surface area (Å²) in [5, 5.41) is 5.80. The Hall–Kier alpha value is -3.32. The number of amides is 1. The van der Waals surface area contributed by atoms with E-state index in [0.717, 1.165) is 61.5 Å². The van der Waals surface area contributed by atoms with Gasteiger partial charge in [0.1, 0.15) is 11.6 Å². The number of hydrogen-bond donors (Lipinski definition) is 3. The van der Waals surface area contributed by atoms with Crippen molar-refractivity contribution in [3.8, 4) is 5.75 Å². The molecule has 2 aromatic carbocycles. The van der Waals surface area contributed by atoms with Gasteiger partial charge in [-0.25, -0.2) is 4.99 Å². The smallest absolute Gasteiger partial charge is 0.225 e. The van der Waals surface area contributed by atoms with E-state index in [9.17, 15) is 4.79 Å². The molecule has 4 N–H and O–H groups in total. The molecule has 0 aliphatic carbocycles. The van der Waals surface area contributed by atoms with Crippen molar-refractivity contribution in [2.45, 2.75) is 53.0 Å². The number of rotatable bonds is 14. The minimum Gasteiger partial charge on any atom is -0.497 e. The van der Waals surface area contributed by atoms with Gasteiger partial charge in [-0.15, -0.1) is 0 Å². The molecule has 0 radical (unpaired) electrons. The van der Waals surface area contributed by atoms with Gasteiger partial charge in [-0.3, -0.25) is 9.69 Å². The molecule has 0 saturated heterocycles. The second-order valence-electron chi connectivity index (χ2n) is 8.50. The highest BCUT2D eigenvalue weighted by Gasteiger charge is 2.09. The zero-order valence-electron chi connectivity index (χ0n) is 21.0. The Balaban J connectivity index is 1.77. The third-order valence-corrected chi connectivity index (χ3v) is 5.66. The van der Waals surface area contributed by atoms with Gasteiger partial charge in [-0.1, -0.05) is 32.1 Å². The highest BCUT2D eigenvalue weighted by molar-refractivity contribution is 5.84. The molecule has 34 heavy (non-hydrogen) atoms. The number of methoxy groups -OCH3 is 1. The summed E-state index contributed by atoms with van der Waals surface area (Å²) in [5.41, 5.74) is 11.0. The minimum absolute atomic E-state index is 0.0901. The summed E-state index contributed by atoms with van der Waals surface area (Å²) in [4.78, 5) is 18.9. The molecule has 0 unspecified atom stereocenters. The number of aryl methyl sites for hydroxylation is 2. The fraction of sp³-hybridized carbons (Fsp3) is 0.407. The van der Waals surface area contributed by atoms with Crippen molar-refractivity contribution < 1.29 is 9.53 Å². The van der Waals surface area contributed by atoms with Crippen LogP contribution in [0, 0.1) is 13.8 Å². The SMILES string of the molecule is C=C(/N=C/Nc1cc(C)c(C)cc1N)NC(=O)CCCN(CCCC)Cc1ccc(OC)cc1. The van der Waals surface area contributed by atoms with E-state index >= 15 is 0 Å². The normalized spacial score (nSPS) is 11.1. The fourth-order valence-corrected chi connectivity index (χ4v) is 3.50. The lowest BCUT2D eigenvalue weighted by Crippen LogP contribution is -2.27. The first-order chi connectivity index (χ1) is 16.3. The predicted molar refractivity (Wildman–Crippen MR) is 142 cm³/mol. The average Bonchev–Trinajstić information content (AvgIpc) is 2.81. The molecule has 0 bridgehead atoms. The van der Waals surface area contributed by atoms with Crippen LogP contribution in [0.15, 0.2) is 53.8 Å². The van der Waals surface area contributed by atoms with Crippen molar-refractivity contribution in [1.82, 2.24) is 10.2 Å². The van der Waals surface area contributed by atoms with Crippen LogP contribution in [-0.2, 0) is 11.3 Å². The second-order valence-corrected chi connectivity index (χ2v) is 8.50. The summed E-state index contributed by atoms with van der Waals surface area (Å²) in [6.07, 6.45) is 4.94. The van der Waals surface area contributed by atoms with Crippen LogP contribution in [0.2, 0.25) is 0 Å². The average molecular weight is 466 g/mol. The first-order valence-corrected chi connectivity index (χ1v) is 11.8. The van der Waals surface area contributed by atoms with E-state index in [-0.39, 0.29) is 5.91 Å². The van der Waals surface area contributed by atoms with Gasteiger partial charge in [0.25, 0.3) is 0 Å². The zero-order valence-corrected chi connectivity index (χ0v) is 21.0. The van der Waals surface area contributed by atoms with Gasteiger partial charge >= 0.3 is 0 Å². The molecule has 2 rings (SSSR count). The van der Waals surface area contributed by atoms with Crippen LogP contribution in [0.1, 0.15) is 49.3 Å². The quantitative estimate of drug-likeness (QED) is 0.207. The van der Waals surface area contributed by atoms with Crippen LogP contribution in [0.5, 0.6) is 5.75 Å². The highest BCUT2D eigenvalue weighted by Crippen LogP contribution is 2.22. The molecule has 2 aromatic rings. The van der Waals surface area contributed by atoms with Crippen LogP contribution < -0.4 is 21.1 Å². The fourth-order valence-electron chi connectivity index (χ4n) is 3.50. The Bertz CT molecular complexity index is 970. The summed E-state index contributed by atoms with van der Waals surface area (Å²) in [6.45, 7) is 12.8. The number of aliphatic imine (C=N–C) groups is 1. The van der Waals surface area contributed by atoms with Crippen LogP contribution in [-0.4, -0.2) is 37.3 Å².